The van der Waals surface area contributed by atoms with E-state index in [9.17, 15) is 18.0 Å². The van der Waals surface area contributed by atoms with Crippen molar-refractivity contribution in [3.63, 3.8) is 0 Å². The summed E-state index contributed by atoms with van der Waals surface area (Å²) >= 11 is 0. The van der Waals surface area contributed by atoms with Crippen LogP contribution in [0.25, 0.3) is 16.6 Å². The number of likely N-dealkylation sites (tertiary alicyclic amines) is 1. The van der Waals surface area contributed by atoms with Gasteiger partial charge in [-0.15, -0.1) is 13.2 Å². The third-order valence-corrected chi connectivity index (χ3v) is 7.93. The number of morpholine rings is 1. The number of amides is 1. The van der Waals surface area contributed by atoms with Gasteiger partial charge in [0.25, 0.3) is 5.91 Å². The lowest BCUT2D eigenvalue weighted by molar-refractivity contribution is -0.274. The standard InChI is InChI=1S/C30H36F3N5O3/c1-21-26(29(39)34-11-14-36-15-17-40-18-16-36)7-8-28-27(21)20-38(35-28)19-23-9-12-37(13-10-23)22(2)24-3-5-25(6-4-24)41-30(31,32)33/h3-8,20,23H,2,9-19H2,1H3,(H,34,39). The van der Waals surface area contributed by atoms with Crippen molar-refractivity contribution >= 4 is 22.5 Å². The predicted molar refractivity (Wildman–Crippen MR) is 151 cm³/mol. The highest BCUT2D eigenvalue weighted by Crippen LogP contribution is 2.29. The fourth-order valence-electron chi connectivity index (χ4n) is 5.55. The minimum absolute atomic E-state index is 0.0690. The topological polar surface area (TPSA) is 71.9 Å². The minimum atomic E-state index is -4.71. The van der Waals surface area contributed by atoms with Gasteiger partial charge in [0.05, 0.1) is 18.7 Å². The average molecular weight is 572 g/mol. The number of nitrogens with zero attached hydrogens (tertiary/aromatic N) is 4. The molecule has 1 aromatic heterocycles. The lowest BCUT2D eigenvalue weighted by Crippen LogP contribution is -2.41. The van der Waals surface area contributed by atoms with Crippen molar-refractivity contribution in [3.8, 4) is 5.75 Å². The van der Waals surface area contributed by atoms with E-state index in [1.165, 1.54) is 12.1 Å². The highest BCUT2D eigenvalue weighted by Gasteiger charge is 2.31. The molecule has 0 aliphatic carbocycles. The average Bonchev–Trinajstić information content (AvgIpc) is 3.37. The molecular weight excluding hydrogens is 535 g/mol. The van der Waals surface area contributed by atoms with Gasteiger partial charge in [-0.3, -0.25) is 14.4 Å². The van der Waals surface area contributed by atoms with Gasteiger partial charge in [0.1, 0.15) is 5.75 Å². The summed E-state index contributed by atoms with van der Waals surface area (Å²) in [6.07, 6.45) is -0.786. The van der Waals surface area contributed by atoms with Crippen LogP contribution in [0.1, 0.15) is 34.3 Å². The lowest BCUT2D eigenvalue weighted by Gasteiger charge is -2.35. The van der Waals surface area contributed by atoms with Crippen LogP contribution in [0.5, 0.6) is 5.75 Å². The fourth-order valence-corrected chi connectivity index (χ4v) is 5.55. The highest BCUT2D eigenvalue weighted by molar-refractivity contribution is 6.00. The zero-order valence-corrected chi connectivity index (χ0v) is 23.3. The van der Waals surface area contributed by atoms with Crippen molar-refractivity contribution in [2.75, 3.05) is 52.5 Å². The summed E-state index contributed by atoms with van der Waals surface area (Å²) in [5, 5.41) is 8.80. The Balaban J connectivity index is 1.13. The zero-order chi connectivity index (χ0) is 29.0. The van der Waals surface area contributed by atoms with E-state index in [4.69, 9.17) is 9.84 Å². The number of hydrogen-bond donors (Lipinski definition) is 1. The molecule has 11 heteroatoms. The van der Waals surface area contributed by atoms with E-state index in [2.05, 4.69) is 26.4 Å². The molecule has 2 aromatic carbocycles. The maximum atomic E-state index is 12.9. The number of fused-ring (bicyclic) bond motifs is 1. The molecular formula is C30H36F3N5O3. The van der Waals surface area contributed by atoms with E-state index in [1.807, 2.05) is 29.9 Å². The Morgan fingerprint density at radius 1 is 1.10 bits per heavy atom. The van der Waals surface area contributed by atoms with Crippen molar-refractivity contribution in [1.29, 1.82) is 0 Å². The number of carbonyl (C=O) groups excluding carboxylic acids is 1. The summed E-state index contributed by atoms with van der Waals surface area (Å²) in [5.41, 5.74) is 4.03. The molecule has 2 fully saturated rings. The van der Waals surface area contributed by atoms with Crippen LogP contribution in [0.15, 0.2) is 49.2 Å². The van der Waals surface area contributed by atoms with Crippen LogP contribution < -0.4 is 10.1 Å². The first-order valence-corrected chi connectivity index (χ1v) is 14.0. The molecule has 0 unspecified atom stereocenters. The molecule has 8 nitrogen and oxygen atoms in total. The van der Waals surface area contributed by atoms with E-state index in [0.29, 0.717) is 18.0 Å². The Morgan fingerprint density at radius 2 is 1.80 bits per heavy atom. The molecule has 3 heterocycles. The van der Waals surface area contributed by atoms with Gasteiger partial charge in [0.15, 0.2) is 0 Å². The van der Waals surface area contributed by atoms with Gasteiger partial charge >= 0.3 is 6.36 Å². The van der Waals surface area contributed by atoms with Gasteiger partial charge < -0.3 is 19.7 Å². The molecule has 1 amide bonds. The second kappa shape index (κ2) is 12.5. The second-order valence-corrected chi connectivity index (χ2v) is 10.7. The Hall–Kier alpha value is -3.57. The van der Waals surface area contributed by atoms with Gasteiger partial charge in [-0.25, -0.2) is 0 Å². The van der Waals surface area contributed by atoms with Crippen LogP contribution in [0.4, 0.5) is 13.2 Å². The van der Waals surface area contributed by atoms with E-state index < -0.39 is 6.36 Å². The third-order valence-electron chi connectivity index (χ3n) is 7.93. The van der Waals surface area contributed by atoms with Gasteiger partial charge in [0.2, 0.25) is 0 Å². The number of carbonyl (C=O) groups is 1. The number of alkyl halides is 3. The largest absolute Gasteiger partial charge is 0.573 e. The maximum Gasteiger partial charge on any atom is 0.573 e. The number of benzene rings is 2. The summed E-state index contributed by atoms with van der Waals surface area (Å²) in [6, 6.07) is 9.59. The summed E-state index contributed by atoms with van der Waals surface area (Å²) in [7, 11) is 0. The zero-order valence-electron chi connectivity index (χ0n) is 23.3. The molecule has 41 heavy (non-hydrogen) atoms. The number of aryl methyl sites for hydroxylation is 1. The molecule has 0 spiro atoms. The van der Waals surface area contributed by atoms with Gasteiger partial charge in [-0.1, -0.05) is 6.58 Å². The third kappa shape index (κ3) is 7.39. The van der Waals surface area contributed by atoms with Gasteiger partial charge in [0, 0.05) is 68.7 Å². The summed E-state index contributed by atoms with van der Waals surface area (Å²) in [4.78, 5) is 17.4. The second-order valence-electron chi connectivity index (χ2n) is 10.7. The van der Waals surface area contributed by atoms with Crippen molar-refractivity contribution in [2.24, 2.45) is 5.92 Å². The highest BCUT2D eigenvalue weighted by atomic mass is 19.4. The first-order valence-electron chi connectivity index (χ1n) is 14.0. The smallest absolute Gasteiger partial charge is 0.406 e. The molecule has 2 saturated heterocycles. The van der Waals surface area contributed by atoms with E-state index in [-0.39, 0.29) is 11.7 Å². The van der Waals surface area contributed by atoms with Crippen LogP contribution in [-0.4, -0.2) is 84.3 Å². The number of rotatable bonds is 9. The van der Waals surface area contributed by atoms with E-state index in [1.54, 1.807) is 12.1 Å². The maximum absolute atomic E-state index is 12.9. The van der Waals surface area contributed by atoms with Crippen molar-refractivity contribution in [2.45, 2.75) is 32.7 Å². The molecule has 3 aromatic rings. The Morgan fingerprint density at radius 3 is 2.49 bits per heavy atom. The van der Waals surface area contributed by atoms with Gasteiger partial charge in [-0.2, -0.15) is 5.10 Å². The monoisotopic (exact) mass is 571 g/mol. The molecule has 5 rings (SSSR count). The molecule has 220 valence electrons. The lowest BCUT2D eigenvalue weighted by atomic mass is 9.96. The summed E-state index contributed by atoms with van der Waals surface area (Å²) < 4.78 is 48.6. The van der Waals surface area contributed by atoms with Crippen LogP contribution in [-0.2, 0) is 11.3 Å². The number of nitrogens with one attached hydrogen (secondary N) is 1. The number of aromatic nitrogens is 2. The molecule has 0 saturated carbocycles. The number of hydrogen-bond acceptors (Lipinski definition) is 6. The van der Waals surface area contributed by atoms with Crippen molar-refractivity contribution in [3.05, 3.63) is 65.9 Å². The first-order chi connectivity index (χ1) is 19.7. The van der Waals surface area contributed by atoms with Crippen LogP contribution in [0, 0.1) is 12.8 Å². The normalized spacial score (nSPS) is 17.1. The fraction of sp³-hybridized carbons (Fsp3) is 0.467. The summed E-state index contributed by atoms with van der Waals surface area (Å²) in [6.45, 7) is 13.2. The van der Waals surface area contributed by atoms with Crippen LogP contribution in [0.3, 0.4) is 0 Å². The summed E-state index contributed by atoms with van der Waals surface area (Å²) in [5.74, 6) is 0.117. The Kier molecular flexibility index (Phi) is 8.84. The molecule has 2 aliphatic rings. The minimum Gasteiger partial charge on any atom is -0.406 e. The van der Waals surface area contributed by atoms with Crippen LogP contribution >= 0.6 is 0 Å². The Bertz CT molecular complexity index is 1360. The molecule has 1 N–H and O–H groups in total. The predicted octanol–water partition coefficient (Wildman–Crippen LogP) is 4.69. The van der Waals surface area contributed by atoms with Crippen molar-refractivity contribution in [1.82, 2.24) is 24.9 Å². The molecule has 2 aliphatic heterocycles. The van der Waals surface area contributed by atoms with E-state index in [0.717, 1.165) is 93.1 Å². The molecule has 0 atom stereocenters. The SMILES string of the molecule is C=C(c1ccc(OC(F)(F)F)cc1)N1CCC(Cn2cc3c(C)c(C(=O)NCCN4CCOCC4)ccc3n2)CC1. The first kappa shape index (κ1) is 28.9. The number of halogens is 3. The van der Waals surface area contributed by atoms with Gasteiger partial charge in [-0.05, 0) is 73.2 Å². The van der Waals surface area contributed by atoms with Crippen molar-refractivity contribution < 1.29 is 27.4 Å². The number of ether oxygens (including phenoxy) is 2. The molecule has 0 bridgehead atoms. The van der Waals surface area contributed by atoms with E-state index >= 15 is 0 Å². The molecule has 0 radical (unpaired) electrons. The van der Waals surface area contributed by atoms with Crippen LogP contribution in [0.2, 0.25) is 0 Å². The quantitative estimate of drug-likeness (QED) is 0.402. The Labute approximate surface area is 237 Å². The number of piperidine rings is 1.